The van der Waals surface area contributed by atoms with Gasteiger partial charge in [-0.3, -0.25) is 0 Å². The molecule has 0 spiro atoms. The molecule has 1 atom stereocenters. The normalized spacial score (nSPS) is 13.0. The fourth-order valence-electron chi connectivity index (χ4n) is 2.18. The number of aryl methyl sites for hydroxylation is 1. The second-order valence-corrected chi connectivity index (χ2v) is 6.72. The molecule has 20 heavy (non-hydrogen) atoms. The second-order valence-electron chi connectivity index (χ2n) is 4.59. The van der Waals surface area contributed by atoms with E-state index in [0.717, 1.165) is 21.7 Å². The van der Waals surface area contributed by atoms with Crippen LogP contribution in [0.1, 0.15) is 23.7 Å². The number of imidazole rings is 1. The summed E-state index contributed by atoms with van der Waals surface area (Å²) in [6.45, 7) is 3.97. The van der Waals surface area contributed by atoms with Gasteiger partial charge in [-0.1, -0.05) is 0 Å². The fraction of sp³-hybridized carbons (Fsp3) is 0.231. The van der Waals surface area contributed by atoms with Crippen molar-refractivity contribution >= 4 is 50.5 Å². The minimum absolute atomic E-state index is 0.0319. The Kier molecular flexibility index (Phi) is 3.51. The third-order valence-corrected chi connectivity index (χ3v) is 5.18. The molecule has 3 nitrogen and oxygen atoms in total. The molecular weight excluding hydrogens is 361 g/mol. The molecular formula is C13H11BrFN3S2. The number of hydrogen-bond donors (Lipinski definition) is 1. The number of aromatic amines is 1. The number of benzene rings is 1. The van der Waals surface area contributed by atoms with Crippen LogP contribution < -0.4 is 0 Å². The molecule has 3 aromatic rings. The van der Waals surface area contributed by atoms with Crippen LogP contribution in [0.25, 0.3) is 11.0 Å². The highest BCUT2D eigenvalue weighted by molar-refractivity contribution is 9.10. The molecule has 1 N–H and O–H groups in total. The first-order chi connectivity index (χ1) is 9.47. The zero-order valence-corrected chi connectivity index (χ0v) is 14.0. The Labute approximate surface area is 132 Å². The molecule has 0 aliphatic heterocycles. The van der Waals surface area contributed by atoms with Gasteiger partial charge in [0.25, 0.3) is 0 Å². The zero-order chi connectivity index (χ0) is 14.4. The van der Waals surface area contributed by atoms with E-state index >= 15 is 0 Å². The van der Waals surface area contributed by atoms with Gasteiger partial charge in [0, 0.05) is 17.1 Å². The highest BCUT2D eigenvalue weighted by Gasteiger charge is 2.17. The van der Waals surface area contributed by atoms with E-state index < -0.39 is 0 Å². The molecule has 1 aromatic carbocycles. The van der Waals surface area contributed by atoms with Crippen LogP contribution in [-0.4, -0.2) is 14.5 Å². The summed E-state index contributed by atoms with van der Waals surface area (Å²) in [5.41, 5.74) is 2.54. The maximum atomic E-state index is 13.8. The molecule has 0 saturated carbocycles. The fourth-order valence-corrected chi connectivity index (χ4v) is 3.73. The summed E-state index contributed by atoms with van der Waals surface area (Å²) in [5.74, 6) is -0.303. The van der Waals surface area contributed by atoms with E-state index in [2.05, 4.69) is 25.9 Å². The van der Waals surface area contributed by atoms with Crippen LogP contribution in [-0.2, 0) is 0 Å². The van der Waals surface area contributed by atoms with Crippen LogP contribution in [0.5, 0.6) is 0 Å². The van der Waals surface area contributed by atoms with Crippen molar-refractivity contribution in [3.63, 3.8) is 0 Å². The number of H-pyrrole nitrogens is 1. The molecule has 2 aromatic heterocycles. The topological polar surface area (TPSA) is 33.6 Å². The molecule has 2 heterocycles. The molecule has 1 unspecified atom stereocenters. The van der Waals surface area contributed by atoms with Crippen molar-refractivity contribution in [2.45, 2.75) is 19.9 Å². The number of hydrogen-bond acceptors (Lipinski definition) is 3. The van der Waals surface area contributed by atoms with Gasteiger partial charge in [0.2, 0.25) is 0 Å². The van der Waals surface area contributed by atoms with Crippen molar-refractivity contribution in [3.8, 4) is 0 Å². The molecule has 3 rings (SSSR count). The SMILES string of the molecule is Cc1csc(C(C)n2c(=S)[nH]c3cc(Br)c(F)cc32)n1. The number of thiazole rings is 1. The van der Waals surface area contributed by atoms with Gasteiger partial charge >= 0.3 is 0 Å². The van der Waals surface area contributed by atoms with Crippen molar-refractivity contribution < 1.29 is 4.39 Å². The molecule has 7 heteroatoms. The first kappa shape index (κ1) is 13.9. The first-order valence-electron chi connectivity index (χ1n) is 5.98. The summed E-state index contributed by atoms with van der Waals surface area (Å²) in [4.78, 5) is 7.60. The Morgan fingerprint density at radius 2 is 2.25 bits per heavy atom. The second kappa shape index (κ2) is 5.05. The third-order valence-electron chi connectivity index (χ3n) is 3.14. The maximum absolute atomic E-state index is 13.8. The Morgan fingerprint density at radius 1 is 1.50 bits per heavy atom. The lowest BCUT2D eigenvalue weighted by atomic mass is 10.2. The number of rotatable bonds is 2. The van der Waals surface area contributed by atoms with E-state index in [-0.39, 0.29) is 11.9 Å². The molecule has 0 bridgehead atoms. The molecule has 0 amide bonds. The van der Waals surface area contributed by atoms with Crippen molar-refractivity contribution in [1.29, 1.82) is 0 Å². The lowest BCUT2D eigenvalue weighted by Gasteiger charge is -2.12. The minimum Gasteiger partial charge on any atom is -0.331 e. The average molecular weight is 372 g/mol. The molecule has 0 saturated heterocycles. The average Bonchev–Trinajstić information content (AvgIpc) is 2.93. The highest BCUT2D eigenvalue weighted by Crippen LogP contribution is 2.29. The number of nitrogens with zero attached hydrogens (tertiary/aromatic N) is 2. The molecule has 104 valence electrons. The van der Waals surface area contributed by atoms with Gasteiger partial charge in [0.1, 0.15) is 10.8 Å². The Bertz CT molecular complexity index is 849. The predicted octanol–water partition coefficient (Wildman–Crippen LogP) is 4.97. The zero-order valence-electron chi connectivity index (χ0n) is 10.8. The smallest absolute Gasteiger partial charge is 0.178 e. The van der Waals surface area contributed by atoms with Gasteiger partial charge in [0.15, 0.2) is 4.77 Å². The van der Waals surface area contributed by atoms with Crippen LogP contribution >= 0.6 is 39.5 Å². The first-order valence-corrected chi connectivity index (χ1v) is 8.06. The van der Waals surface area contributed by atoms with Gasteiger partial charge in [-0.05, 0) is 48.1 Å². The minimum atomic E-state index is -0.303. The number of nitrogens with one attached hydrogen (secondary N) is 1. The summed E-state index contributed by atoms with van der Waals surface area (Å²) < 4.78 is 16.7. The largest absolute Gasteiger partial charge is 0.331 e. The number of fused-ring (bicyclic) bond motifs is 1. The number of aromatic nitrogens is 3. The Balaban J connectivity index is 2.23. The summed E-state index contributed by atoms with van der Waals surface area (Å²) in [6, 6.07) is 3.16. The monoisotopic (exact) mass is 371 g/mol. The third kappa shape index (κ3) is 2.23. The van der Waals surface area contributed by atoms with Crippen LogP contribution in [0.3, 0.4) is 0 Å². The summed E-state index contributed by atoms with van der Waals surface area (Å²) in [7, 11) is 0. The van der Waals surface area contributed by atoms with Crippen LogP contribution in [0.4, 0.5) is 4.39 Å². The summed E-state index contributed by atoms with van der Waals surface area (Å²) in [5, 5.41) is 2.96. The van der Waals surface area contributed by atoms with Gasteiger partial charge in [-0.15, -0.1) is 11.3 Å². The molecule has 0 fully saturated rings. The van der Waals surface area contributed by atoms with Crippen LogP contribution in [0, 0.1) is 17.5 Å². The molecule has 0 aliphatic rings. The maximum Gasteiger partial charge on any atom is 0.178 e. The van der Waals surface area contributed by atoms with E-state index in [4.69, 9.17) is 12.2 Å². The van der Waals surface area contributed by atoms with Crippen molar-refractivity contribution in [2.75, 3.05) is 0 Å². The summed E-state index contributed by atoms with van der Waals surface area (Å²) >= 11 is 10.1. The van der Waals surface area contributed by atoms with Gasteiger partial charge in [0.05, 0.1) is 21.5 Å². The Morgan fingerprint density at radius 3 is 2.90 bits per heavy atom. The quantitative estimate of drug-likeness (QED) is 0.644. The van der Waals surface area contributed by atoms with E-state index in [1.807, 2.05) is 23.8 Å². The van der Waals surface area contributed by atoms with Crippen molar-refractivity contribution in [2.24, 2.45) is 0 Å². The van der Waals surface area contributed by atoms with Gasteiger partial charge < -0.3 is 9.55 Å². The van der Waals surface area contributed by atoms with E-state index in [0.29, 0.717) is 9.24 Å². The lowest BCUT2D eigenvalue weighted by Crippen LogP contribution is -2.06. The van der Waals surface area contributed by atoms with Crippen LogP contribution in [0.15, 0.2) is 22.0 Å². The van der Waals surface area contributed by atoms with Gasteiger partial charge in [-0.25, -0.2) is 9.37 Å². The predicted molar refractivity (Wildman–Crippen MR) is 85.4 cm³/mol. The highest BCUT2D eigenvalue weighted by atomic mass is 79.9. The van der Waals surface area contributed by atoms with E-state index in [1.165, 1.54) is 6.07 Å². The van der Waals surface area contributed by atoms with Crippen molar-refractivity contribution in [1.82, 2.24) is 14.5 Å². The lowest BCUT2D eigenvalue weighted by molar-refractivity contribution is 0.616. The molecule has 0 radical (unpaired) electrons. The Hall–Kier alpha value is -1.05. The molecule has 0 aliphatic carbocycles. The van der Waals surface area contributed by atoms with Crippen molar-refractivity contribution in [3.05, 3.63) is 43.3 Å². The summed E-state index contributed by atoms with van der Waals surface area (Å²) in [6.07, 6.45) is 0. The van der Waals surface area contributed by atoms with E-state index in [9.17, 15) is 4.39 Å². The van der Waals surface area contributed by atoms with E-state index in [1.54, 1.807) is 17.4 Å². The van der Waals surface area contributed by atoms with Crippen LogP contribution in [0.2, 0.25) is 0 Å². The standard InChI is InChI=1S/C13H11BrFN3S2/c1-6-5-20-12(16-6)7(2)18-11-4-9(15)8(14)3-10(11)17-13(18)19/h3-5,7H,1-2H3,(H,17,19). The van der Waals surface area contributed by atoms with Gasteiger partial charge in [-0.2, -0.15) is 0 Å². The number of halogens is 2.